The second kappa shape index (κ2) is 4.98. The summed E-state index contributed by atoms with van der Waals surface area (Å²) in [6.45, 7) is 1.62. The minimum Gasteiger partial charge on any atom is -0.347 e. The van der Waals surface area contributed by atoms with Gasteiger partial charge >= 0.3 is 0 Å². The van der Waals surface area contributed by atoms with Crippen molar-refractivity contribution in [1.82, 2.24) is 10.2 Å². The molecule has 0 aliphatic heterocycles. The molecule has 12 heavy (non-hydrogen) atoms. The van der Waals surface area contributed by atoms with Crippen molar-refractivity contribution in [2.75, 3.05) is 20.0 Å². The average Bonchev–Trinajstić information content (AvgIpc) is 2.02. The zero-order valence-electron chi connectivity index (χ0n) is 7.43. The molecule has 0 unspecified atom stereocenters. The average molecular weight is 193 g/mol. The summed E-state index contributed by atoms with van der Waals surface area (Å²) < 4.78 is 0. The third-order valence-electron chi connectivity index (χ3n) is 1.31. The number of hydrogen-bond donors (Lipinski definition) is 1. The van der Waals surface area contributed by atoms with Gasteiger partial charge in [-0.2, -0.15) is 0 Å². The van der Waals surface area contributed by atoms with E-state index in [0.717, 1.165) is 0 Å². The van der Waals surface area contributed by atoms with Gasteiger partial charge in [0, 0.05) is 14.1 Å². The van der Waals surface area contributed by atoms with E-state index in [-0.39, 0.29) is 17.7 Å². The number of halogens is 1. The molecule has 0 saturated heterocycles. The summed E-state index contributed by atoms with van der Waals surface area (Å²) in [5.41, 5.74) is 0. The Bertz CT molecular complexity index is 182. The van der Waals surface area contributed by atoms with Crippen molar-refractivity contribution in [3.8, 4) is 0 Å². The van der Waals surface area contributed by atoms with Crippen LogP contribution in [0.4, 0.5) is 0 Å². The molecule has 0 spiro atoms. The second-order valence-electron chi connectivity index (χ2n) is 2.66. The first-order valence-corrected chi connectivity index (χ1v) is 4.09. The summed E-state index contributed by atoms with van der Waals surface area (Å²) in [5.74, 6) is -0.599. The fourth-order valence-corrected chi connectivity index (χ4v) is 0.806. The van der Waals surface area contributed by atoms with Crippen LogP contribution in [0.25, 0.3) is 0 Å². The maximum atomic E-state index is 11.2. The van der Waals surface area contributed by atoms with Gasteiger partial charge < -0.3 is 10.2 Å². The maximum Gasteiger partial charge on any atom is 0.244 e. The molecule has 0 aromatic rings. The highest BCUT2D eigenvalue weighted by Crippen LogP contribution is 1.88. The van der Waals surface area contributed by atoms with Gasteiger partial charge in [0.1, 0.15) is 11.9 Å². The molecule has 0 fully saturated rings. The molecular formula is C7H13ClN2O2. The van der Waals surface area contributed by atoms with Gasteiger partial charge in [-0.1, -0.05) is 0 Å². The fraction of sp³-hybridized carbons (Fsp3) is 0.714. The van der Waals surface area contributed by atoms with Crippen molar-refractivity contribution in [2.24, 2.45) is 0 Å². The third kappa shape index (κ3) is 3.57. The number of carbonyl (C=O) groups excluding carboxylic acids is 2. The summed E-state index contributed by atoms with van der Waals surface area (Å²) in [6, 6.07) is -0.508. The Labute approximate surface area is 76.9 Å². The lowest BCUT2D eigenvalue weighted by Crippen LogP contribution is -2.44. The first-order valence-electron chi connectivity index (χ1n) is 3.55. The Morgan fingerprint density at radius 3 is 2.33 bits per heavy atom. The lowest BCUT2D eigenvalue weighted by Gasteiger charge is -2.17. The molecule has 4 nitrogen and oxygen atoms in total. The molecule has 2 amide bonds. The summed E-state index contributed by atoms with van der Waals surface area (Å²) in [7, 11) is 3.26. The van der Waals surface area contributed by atoms with Crippen molar-refractivity contribution >= 4 is 23.4 Å². The van der Waals surface area contributed by atoms with Crippen LogP contribution >= 0.6 is 11.6 Å². The molecule has 0 aliphatic rings. The normalized spacial score (nSPS) is 12.0. The topological polar surface area (TPSA) is 49.4 Å². The van der Waals surface area contributed by atoms with E-state index in [4.69, 9.17) is 11.6 Å². The molecule has 0 bridgehead atoms. The van der Waals surface area contributed by atoms with Gasteiger partial charge in [0.2, 0.25) is 11.8 Å². The molecule has 5 heteroatoms. The fourth-order valence-electron chi connectivity index (χ4n) is 0.729. The minimum absolute atomic E-state index is 0.120. The van der Waals surface area contributed by atoms with Crippen molar-refractivity contribution in [2.45, 2.75) is 13.0 Å². The van der Waals surface area contributed by atoms with Gasteiger partial charge in [0.05, 0.1) is 0 Å². The van der Waals surface area contributed by atoms with E-state index in [9.17, 15) is 9.59 Å². The van der Waals surface area contributed by atoms with Crippen LogP contribution < -0.4 is 5.32 Å². The Morgan fingerprint density at radius 1 is 1.50 bits per heavy atom. The molecule has 0 rings (SSSR count). The van der Waals surface area contributed by atoms with Crippen LogP contribution in [0.1, 0.15) is 6.92 Å². The van der Waals surface area contributed by atoms with Crippen LogP contribution in [0.15, 0.2) is 0 Å². The molecule has 0 aromatic heterocycles. The smallest absolute Gasteiger partial charge is 0.244 e. The van der Waals surface area contributed by atoms with Gasteiger partial charge in [0.15, 0.2) is 0 Å². The molecule has 0 radical (unpaired) electrons. The summed E-state index contributed by atoms with van der Waals surface area (Å²) in [4.78, 5) is 23.3. The summed E-state index contributed by atoms with van der Waals surface area (Å²) in [5, 5.41) is 2.45. The molecule has 0 aromatic carbocycles. The van der Waals surface area contributed by atoms with E-state index in [1.807, 2.05) is 0 Å². The zero-order valence-corrected chi connectivity index (χ0v) is 8.18. The van der Waals surface area contributed by atoms with E-state index < -0.39 is 6.04 Å². The van der Waals surface area contributed by atoms with E-state index >= 15 is 0 Å². The monoisotopic (exact) mass is 192 g/mol. The lowest BCUT2D eigenvalue weighted by atomic mass is 10.3. The Balaban J connectivity index is 3.95. The van der Waals surface area contributed by atoms with Gasteiger partial charge in [-0.25, -0.2) is 0 Å². The Hall–Kier alpha value is -0.770. The van der Waals surface area contributed by atoms with E-state index in [2.05, 4.69) is 5.32 Å². The number of nitrogens with zero attached hydrogens (tertiary/aromatic N) is 1. The number of carbonyl (C=O) groups is 2. The minimum atomic E-state index is -0.508. The molecule has 0 saturated carbocycles. The number of amides is 2. The Morgan fingerprint density at radius 2 is 2.00 bits per heavy atom. The van der Waals surface area contributed by atoms with Crippen LogP contribution in [-0.4, -0.2) is 42.7 Å². The SMILES string of the molecule is C[C@@H](NC(=O)CCl)C(=O)N(C)C. The van der Waals surface area contributed by atoms with Crippen LogP contribution in [0, 0.1) is 0 Å². The zero-order chi connectivity index (χ0) is 9.72. The standard InChI is InChI=1S/C7H13ClN2O2/c1-5(7(12)10(2)3)9-6(11)4-8/h5H,4H2,1-3H3,(H,9,11)/t5-/m1/s1. The first kappa shape index (κ1) is 11.2. The number of likely N-dealkylation sites (N-methyl/N-ethyl adjacent to an activating group) is 1. The van der Waals surface area contributed by atoms with Crippen molar-refractivity contribution in [1.29, 1.82) is 0 Å². The molecule has 70 valence electrons. The van der Waals surface area contributed by atoms with Gasteiger partial charge in [-0.05, 0) is 6.92 Å². The van der Waals surface area contributed by atoms with E-state index in [1.165, 1.54) is 4.90 Å². The molecular weight excluding hydrogens is 180 g/mol. The number of alkyl halides is 1. The quantitative estimate of drug-likeness (QED) is 0.631. The highest BCUT2D eigenvalue weighted by molar-refractivity contribution is 6.27. The summed E-state index contributed by atoms with van der Waals surface area (Å²) in [6.07, 6.45) is 0. The Kier molecular flexibility index (Phi) is 4.66. The van der Waals surface area contributed by atoms with Gasteiger partial charge in [-0.3, -0.25) is 9.59 Å². The third-order valence-corrected chi connectivity index (χ3v) is 1.55. The van der Waals surface area contributed by atoms with Crippen molar-refractivity contribution in [3.05, 3.63) is 0 Å². The van der Waals surface area contributed by atoms with Gasteiger partial charge in [0.25, 0.3) is 0 Å². The van der Waals surface area contributed by atoms with Crippen molar-refractivity contribution in [3.63, 3.8) is 0 Å². The highest BCUT2D eigenvalue weighted by Gasteiger charge is 2.15. The molecule has 1 atom stereocenters. The molecule has 0 heterocycles. The predicted octanol–water partition coefficient (Wildman–Crippen LogP) is -0.182. The molecule has 1 N–H and O–H groups in total. The number of rotatable bonds is 3. The molecule has 0 aliphatic carbocycles. The van der Waals surface area contributed by atoms with Crippen LogP contribution in [-0.2, 0) is 9.59 Å². The van der Waals surface area contributed by atoms with Crippen LogP contribution in [0.2, 0.25) is 0 Å². The first-order chi connectivity index (χ1) is 5.49. The summed E-state index contributed by atoms with van der Waals surface area (Å²) >= 11 is 5.24. The van der Waals surface area contributed by atoms with Crippen molar-refractivity contribution < 1.29 is 9.59 Å². The van der Waals surface area contributed by atoms with E-state index in [1.54, 1.807) is 21.0 Å². The lowest BCUT2D eigenvalue weighted by molar-refractivity contribution is -0.133. The maximum absolute atomic E-state index is 11.2. The largest absolute Gasteiger partial charge is 0.347 e. The highest BCUT2D eigenvalue weighted by atomic mass is 35.5. The number of hydrogen-bond acceptors (Lipinski definition) is 2. The predicted molar refractivity (Wildman–Crippen MR) is 47.0 cm³/mol. The van der Waals surface area contributed by atoms with Gasteiger partial charge in [-0.15, -0.1) is 11.6 Å². The van der Waals surface area contributed by atoms with Crippen LogP contribution in [0.5, 0.6) is 0 Å². The van der Waals surface area contributed by atoms with Crippen LogP contribution in [0.3, 0.4) is 0 Å². The van der Waals surface area contributed by atoms with E-state index in [0.29, 0.717) is 0 Å². The second-order valence-corrected chi connectivity index (χ2v) is 2.92. The number of nitrogens with one attached hydrogen (secondary N) is 1.